The lowest BCUT2D eigenvalue weighted by molar-refractivity contribution is -0.137. The number of rotatable bonds is 7. The number of alkyl carbamates (subject to hydrolysis) is 1. The van der Waals surface area contributed by atoms with Crippen molar-refractivity contribution in [1.29, 1.82) is 0 Å². The monoisotopic (exact) mass is 391 g/mol. The molecule has 1 atom stereocenters. The molecule has 0 saturated carbocycles. The fourth-order valence-corrected chi connectivity index (χ4v) is 3.86. The van der Waals surface area contributed by atoms with Gasteiger partial charge in [0.2, 0.25) is 0 Å². The van der Waals surface area contributed by atoms with Crippen molar-refractivity contribution in [1.82, 2.24) is 5.32 Å². The van der Waals surface area contributed by atoms with Crippen LogP contribution in [0.5, 0.6) is 0 Å². The van der Waals surface area contributed by atoms with E-state index < -0.39 is 18.1 Å². The largest absolute Gasteiger partial charge is 0.481 e. The normalized spacial score (nSPS) is 13.4. The molecular weight excluding hydrogens is 370 g/mol. The quantitative estimate of drug-likeness (QED) is 0.630. The van der Waals surface area contributed by atoms with Crippen LogP contribution in [0.1, 0.15) is 29.2 Å². The van der Waals surface area contributed by atoms with Crippen molar-refractivity contribution in [2.45, 2.75) is 24.8 Å². The van der Waals surface area contributed by atoms with E-state index in [0.29, 0.717) is 5.76 Å². The molecule has 0 fully saturated rings. The lowest BCUT2D eigenvalue weighted by atomic mass is 9.98. The zero-order chi connectivity index (χ0) is 20.2. The van der Waals surface area contributed by atoms with Crippen LogP contribution < -0.4 is 5.32 Å². The average Bonchev–Trinajstić information content (AvgIpc) is 3.32. The third-order valence-corrected chi connectivity index (χ3v) is 5.11. The summed E-state index contributed by atoms with van der Waals surface area (Å²) in [6.07, 6.45) is 0.944. The van der Waals surface area contributed by atoms with Gasteiger partial charge < -0.3 is 19.6 Å². The molecule has 6 heteroatoms. The van der Waals surface area contributed by atoms with Crippen LogP contribution >= 0.6 is 0 Å². The number of furan rings is 1. The number of aliphatic carboxylic acids is 1. The standard InChI is InChI=1S/C23H21NO5/c25-22(26)13-15(12-16-6-5-11-28-16)24-23(27)29-14-21-19-9-3-1-7-17(19)18-8-2-4-10-20(18)21/h1-11,15,21H,12-14H2,(H,24,27)(H,25,26). The molecule has 0 radical (unpaired) electrons. The van der Waals surface area contributed by atoms with Crippen molar-refractivity contribution < 1.29 is 23.8 Å². The fourth-order valence-electron chi connectivity index (χ4n) is 3.86. The maximum absolute atomic E-state index is 12.4. The predicted molar refractivity (Wildman–Crippen MR) is 107 cm³/mol. The van der Waals surface area contributed by atoms with Gasteiger partial charge in [-0.25, -0.2) is 4.79 Å². The fraction of sp³-hybridized carbons (Fsp3) is 0.217. The van der Waals surface area contributed by atoms with E-state index in [0.717, 1.165) is 22.3 Å². The SMILES string of the molecule is O=C(O)CC(Cc1ccco1)NC(=O)OCC1c2ccccc2-c2ccccc21. The summed E-state index contributed by atoms with van der Waals surface area (Å²) in [7, 11) is 0. The van der Waals surface area contributed by atoms with Crippen LogP contribution in [0.2, 0.25) is 0 Å². The Morgan fingerprint density at radius 2 is 1.66 bits per heavy atom. The Morgan fingerprint density at radius 1 is 1.00 bits per heavy atom. The molecule has 3 aromatic rings. The van der Waals surface area contributed by atoms with Crippen molar-refractivity contribution in [3.63, 3.8) is 0 Å². The number of fused-ring (bicyclic) bond motifs is 3. The van der Waals surface area contributed by atoms with E-state index in [1.807, 2.05) is 36.4 Å². The summed E-state index contributed by atoms with van der Waals surface area (Å²) < 4.78 is 10.8. The third kappa shape index (κ3) is 4.16. The second-order valence-electron chi connectivity index (χ2n) is 7.05. The van der Waals surface area contributed by atoms with Crippen LogP contribution in [0.15, 0.2) is 71.3 Å². The van der Waals surface area contributed by atoms with Crippen LogP contribution in [-0.4, -0.2) is 29.8 Å². The van der Waals surface area contributed by atoms with E-state index in [2.05, 4.69) is 17.4 Å². The molecule has 0 saturated heterocycles. The van der Waals surface area contributed by atoms with E-state index >= 15 is 0 Å². The number of carboxylic acid groups (broad SMARTS) is 1. The lowest BCUT2D eigenvalue weighted by Crippen LogP contribution is -2.38. The molecule has 29 heavy (non-hydrogen) atoms. The maximum atomic E-state index is 12.4. The zero-order valence-corrected chi connectivity index (χ0v) is 15.7. The molecule has 0 bridgehead atoms. The summed E-state index contributed by atoms with van der Waals surface area (Å²) in [5, 5.41) is 11.8. The lowest BCUT2D eigenvalue weighted by Gasteiger charge is -2.18. The number of hydrogen-bond donors (Lipinski definition) is 2. The van der Waals surface area contributed by atoms with Crippen molar-refractivity contribution in [2.24, 2.45) is 0 Å². The molecule has 4 rings (SSSR count). The molecule has 1 aliphatic rings. The van der Waals surface area contributed by atoms with E-state index in [1.165, 1.54) is 6.26 Å². The van der Waals surface area contributed by atoms with E-state index in [9.17, 15) is 9.59 Å². The summed E-state index contributed by atoms with van der Waals surface area (Å²) in [6.45, 7) is 0.181. The Balaban J connectivity index is 1.43. The molecule has 148 valence electrons. The first-order valence-electron chi connectivity index (χ1n) is 9.47. The highest BCUT2D eigenvalue weighted by molar-refractivity contribution is 5.79. The Bertz CT molecular complexity index is 966. The highest BCUT2D eigenvalue weighted by Gasteiger charge is 2.29. The number of carbonyl (C=O) groups is 2. The summed E-state index contributed by atoms with van der Waals surface area (Å²) in [5.74, 6) is -0.438. The maximum Gasteiger partial charge on any atom is 0.407 e. The smallest absolute Gasteiger partial charge is 0.407 e. The van der Waals surface area contributed by atoms with Crippen LogP contribution in [0.4, 0.5) is 4.79 Å². The van der Waals surface area contributed by atoms with Crippen LogP contribution in [-0.2, 0) is 16.0 Å². The van der Waals surface area contributed by atoms with Crippen molar-refractivity contribution in [3.05, 3.63) is 83.8 Å². The number of benzene rings is 2. The Kier molecular flexibility index (Phi) is 5.33. The summed E-state index contributed by atoms with van der Waals surface area (Å²) >= 11 is 0. The second kappa shape index (κ2) is 8.22. The van der Waals surface area contributed by atoms with E-state index in [1.54, 1.807) is 12.1 Å². The third-order valence-electron chi connectivity index (χ3n) is 5.11. The number of carboxylic acids is 1. The van der Waals surface area contributed by atoms with Gasteiger partial charge in [0, 0.05) is 18.4 Å². The Morgan fingerprint density at radius 3 is 2.24 bits per heavy atom. The minimum absolute atomic E-state index is 0.0452. The van der Waals surface area contributed by atoms with Gasteiger partial charge in [0.15, 0.2) is 0 Å². The van der Waals surface area contributed by atoms with Gasteiger partial charge in [0.25, 0.3) is 0 Å². The number of nitrogens with one attached hydrogen (secondary N) is 1. The van der Waals surface area contributed by atoms with Gasteiger partial charge in [-0.1, -0.05) is 48.5 Å². The van der Waals surface area contributed by atoms with Gasteiger partial charge in [-0.05, 0) is 34.4 Å². The van der Waals surface area contributed by atoms with Crippen LogP contribution in [0, 0.1) is 0 Å². The van der Waals surface area contributed by atoms with Gasteiger partial charge in [0.05, 0.1) is 12.7 Å². The minimum Gasteiger partial charge on any atom is -0.481 e. The molecule has 2 N–H and O–H groups in total. The number of amides is 1. The molecule has 1 aromatic heterocycles. The molecule has 1 aliphatic carbocycles. The van der Waals surface area contributed by atoms with Gasteiger partial charge in [-0.2, -0.15) is 0 Å². The number of carbonyl (C=O) groups excluding carboxylic acids is 1. The highest BCUT2D eigenvalue weighted by atomic mass is 16.5. The topological polar surface area (TPSA) is 88.8 Å². The summed E-state index contributed by atoms with van der Waals surface area (Å²) in [6, 6.07) is 19.0. The summed E-state index contributed by atoms with van der Waals surface area (Å²) in [5.41, 5.74) is 4.55. The molecule has 2 aromatic carbocycles. The first kappa shape index (κ1) is 18.8. The molecule has 0 spiro atoms. The number of hydrogen-bond acceptors (Lipinski definition) is 4. The minimum atomic E-state index is -1.000. The molecule has 1 heterocycles. The molecule has 1 amide bonds. The van der Waals surface area contributed by atoms with E-state index in [-0.39, 0.29) is 25.4 Å². The van der Waals surface area contributed by atoms with Crippen molar-refractivity contribution in [3.8, 4) is 11.1 Å². The molecular formula is C23H21NO5. The average molecular weight is 391 g/mol. The van der Waals surface area contributed by atoms with Gasteiger partial charge in [-0.15, -0.1) is 0 Å². The van der Waals surface area contributed by atoms with Crippen LogP contribution in [0.25, 0.3) is 11.1 Å². The molecule has 0 aliphatic heterocycles. The predicted octanol–water partition coefficient (Wildman–Crippen LogP) is 4.20. The molecule has 6 nitrogen and oxygen atoms in total. The van der Waals surface area contributed by atoms with Crippen LogP contribution in [0.3, 0.4) is 0 Å². The van der Waals surface area contributed by atoms with Gasteiger partial charge in [-0.3, -0.25) is 4.79 Å². The molecule has 1 unspecified atom stereocenters. The van der Waals surface area contributed by atoms with Crippen molar-refractivity contribution >= 4 is 12.1 Å². The zero-order valence-electron chi connectivity index (χ0n) is 15.7. The Labute approximate surface area is 168 Å². The van der Waals surface area contributed by atoms with Crippen molar-refractivity contribution in [2.75, 3.05) is 6.61 Å². The number of ether oxygens (including phenoxy) is 1. The van der Waals surface area contributed by atoms with E-state index in [4.69, 9.17) is 14.3 Å². The first-order valence-corrected chi connectivity index (χ1v) is 9.47. The Hall–Kier alpha value is -3.54. The summed E-state index contributed by atoms with van der Waals surface area (Å²) in [4.78, 5) is 23.5. The highest BCUT2D eigenvalue weighted by Crippen LogP contribution is 2.44. The second-order valence-corrected chi connectivity index (χ2v) is 7.05. The first-order chi connectivity index (χ1) is 14.1. The van der Waals surface area contributed by atoms with Gasteiger partial charge in [0.1, 0.15) is 12.4 Å². The van der Waals surface area contributed by atoms with Gasteiger partial charge >= 0.3 is 12.1 Å².